The Morgan fingerprint density at radius 2 is 2.07 bits per heavy atom. The summed E-state index contributed by atoms with van der Waals surface area (Å²) in [6.45, 7) is 4.90. The Balaban J connectivity index is 1.92. The van der Waals surface area contributed by atoms with Crippen molar-refractivity contribution >= 4 is 17.3 Å². The summed E-state index contributed by atoms with van der Waals surface area (Å²) in [5.41, 5.74) is 2.99. The maximum Gasteiger partial charge on any atom is 0.293 e. The molecule has 1 heterocycles. The average Bonchev–Trinajstić information content (AvgIpc) is 2.65. The number of carbonyl (C=O) groups is 1. The standard InChI is InChI=1S/C20H23N3O4/c1-13(2)21-20(24)14-7-8-17(18(11-14)23(25)26)22-10-9-16-15(12-22)5-4-6-19(16)27-3/h4-8,11,13H,9-10,12H2,1-3H3,(H,21,24). The van der Waals surface area contributed by atoms with Crippen molar-refractivity contribution in [2.45, 2.75) is 32.9 Å². The second-order valence-electron chi connectivity index (χ2n) is 6.86. The van der Waals surface area contributed by atoms with Crippen molar-refractivity contribution in [2.24, 2.45) is 0 Å². The van der Waals surface area contributed by atoms with Gasteiger partial charge in [-0.15, -0.1) is 0 Å². The molecule has 0 saturated heterocycles. The molecular weight excluding hydrogens is 346 g/mol. The van der Waals surface area contributed by atoms with E-state index in [9.17, 15) is 14.9 Å². The van der Waals surface area contributed by atoms with E-state index >= 15 is 0 Å². The lowest BCUT2D eigenvalue weighted by Crippen LogP contribution is -2.32. The number of benzene rings is 2. The van der Waals surface area contributed by atoms with Gasteiger partial charge in [0.1, 0.15) is 11.4 Å². The molecule has 27 heavy (non-hydrogen) atoms. The molecule has 7 heteroatoms. The number of nitrogens with one attached hydrogen (secondary N) is 1. The van der Waals surface area contributed by atoms with E-state index in [2.05, 4.69) is 5.32 Å². The monoisotopic (exact) mass is 369 g/mol. The molecule has 1 aliphatic heterocycles. The summed E-state index contributed by atoms with van der Waals surface area (Å²) >= 11 is 0. The highest BCUT2D eigenvalue weighted by atomic mass is 16.6. The average molecular weight is 369 g/mol. The lowest BCUT2D eigenvalue weighted by Gasteiger charge is -2.31. The fourth-order valence-electron chi connectivity index (χ4n) is 3.40. The first-order valence-electron chi connectivity index (χ1n) is 8.89. The molecular formula is C20H23N3O4. The second-order valence-corrected chi connectivity index (χ2v) is 6.86. The molecule has 0 aromatic heterocycles. The predicted molar refractivity (Wildman–Crippen MR) is 103 cm³/mol. The minimum atomic E-state index is -0.428. The van der Waals surface area contributed by atoms with Crippen LogP contribution in [0.3, 0.4) is 0 Å². The minimum absolute atomic E-state index is 0.0372. The van der Waals surface area contributed by atoms with Gasteiger partial charge in [-0.1, -0.05) is 12.1 Å². The first kappa shape index (κ1) is 18.7. The molecule has 0 saturated carbocycles. The van der Waals surface area contributed by atoms with Crippen LogP contribution in [0.4, 0.5) is 11.4 Å². The van der Waals surface area contributed by atoms with Gasteiger partial charge < -0.3 is 15.0 Å². The minimum Gasteiger partial charge on any atom is -0.496 e. The topological polar surface area (TPSA) is 84.7 Å². The second kappa shape index (κ2) is 7.65. The lowest BCUT2D eigenvalue weighted by atomic mass is 9.98. The van der Waals surface area contributed by atoms with Crippen molar-refractivity contribution in [3.05, 3.63) is 63.2 Å². The van der Waals surface area contributed by atoms with Crippen LogP contribution in [0.25, 0.3) is 0 Å². The van der Waals surface area contributed by atoms with E-state index in [0.29, 0.717) is 24.3 Å². The third-order valence-corrected chi connectivity index (χ3v) is 4.64. The van der Waals surface area contributed by atoms with Gasteiger partial charge in [-0.05, 0) is 44.0 Å². The fourth-order valence-corrected chi connectivity index (χ4v) is 3.40. The van der Waals surface area contributed by atoms with Crippen molar-refractivity contribution in [3.63, 3.8) is 0 Å². The summed E-state index contributed by atoms with van der Waals surface area (Å²) < 4.78 is 5.42. The molecule has 3 rings (SSSR count). The molecule has 1 aliphatic rings. The number of methoxy groups -OCH3 is 1. The number of ether oxygens (including phenoxy) is 1. The number of fused-ring (bicyclic) bond motifs is 1. The summed E-state index contributed by atoms with van der Waals surface area (Å²) in [4.78, 5) is 25.4. The Kier molecular flexibility index (Phi) is 5.30. The molecule has 0 fully saturated rings. The molecule has 0 bridgehead atoms. The molecule has 0 unspecified atom stereocenters. The number of rotatable bonds is 5. The van der Waals surface area contributed by atoms with E-state index in [1.807, 2.05) is 36.9 Å². The Labute approximate surface area is 158 Å². The highest BCUT2D eigenvalue weighted by Gasteiger charge is 2.26. The van der Waals surface area contributed by atoms with Crippen molar-refractivity contribution in [1.82, 2.24) is 5.32 Å². The van der Waals surface area contributed by atoms with Gasteiger partial charge in [0.15, 0.2) is 0 Å². The van der Waals surface area contributed by atoms with Gasteiger partial charge in [-0.2, -0.15) is 0 Å². The molecule has 2 aromatic carbocycles. The Morgan fingerprint density at radius 3 is 2.74 bits per heavy atom. The zero-order chi connectivity index (χ0) is 19.6. The Hall–Kier alpha value is -3.09. The highest BCUT2D eigenvalue weighted by Crippen LogP contribution is 2.35. The number of nitro groups is 1. The van der Waals surface area contributed by atoms with Gasteiger partial charge in [-0.3, -0.25) is 14.9 Å². The van der Waals surface area contributed by atoms with Gasteiger partial charge in [0, 0.05) is 36.3 Å². The third kappa shape index (κ3) is 3.86. The van der Waals surface area contributed by atoms with E-state index in [-0.39, 0.29) is 17.6 Å². The van der Waals surface area contributed by atoms with Gasteiger partial charge in [-0.25, -0.2) is 0 Å². The van der Waals surface area contributed by atoms with Crippen molar-refractivity contribution in [3.8, 4) is 5.75 Å². The molecule has 1 N–H and O–H groups in total. The molecule has 7 nitrogen and oxygen atoms in total. The summed E-state index contributed by atoms with van der Waals surface area (Å²) in [6, 6.07) is 10.5. The van der Waals surface area contributed by atoms with Crippen LogP contribution in [0.5, 0.6) is 5.75 Å². The zero-order valence-corrected chi connectivity index (χ0v) is 15.7. The van der Waals surface area contributed by atoms with Gasteiger partial charge in [0.2, 0.25) is 0 Å². The van der Waals surface area contributed by atoms with Gasteiger partial charge in [0.05, 0.1) is 12.0 Å². The van der Waals surface area contributed by atoms with Crippen LogP contribution in [0.1, 0.15) is 35.3 Å². The highest BCUT2D eigenvalue weighted by molar-refractivity contribution is 5.96. The first-order chi connectivity index (χ1) is 12.9. The van der Waals surface area contributed by atoms with Crippen LogP contribution in [0.15, 0.2) is 36.4 Å². The van der Waals surface area contributed by atoms with E-state index in [0.717, 1.165) is 23.3 Å². The van der Waals surface area contributed by atoms with E-state index in [4.69, 9.17) is 4.74 Å². The van der Waals surface area contributed by atoms with Crippen molar-refractivity contribution < 1.29 is 14.5 Å². The summed E-state index contributed by atoms with van der Waals surface area (Å²) in [5, 5.41) is 14.4. The number of amides is 1. The third-order valence-electron chi connectivity index (χ3n) is 4.64. The zero-order valence-electron chi connectivity index (χ0n) is 15.7. The molecule has 1 amide bonds. The fraction of sp³-hybridized carbons (Fsp3) is 0.350. The van der Waals surface area contributed by atoms with Crippen LogP contribution in [-0.4, -0.2) is 30.5 Å². The number of hydrogen-bond donors (Lipinski definition) is 1. The maximum absolute atomic E-state index is 12.2. The molecule has 0 atom stereocenters. The van der Waals surface area contributed by atoms with Crippen molar-refractivity contribution in [1.29, 1.82) is 0 Å². The van der Waals surface area contributed by atoms with Gasteiger partial charge >= 0.3 is 0 Å². The normalized spacial score (nSPS) is 13.3. The van der Waals surface area contributed by atoms with E-state index < -0.39 is 4.92 Å². The summed E-state index contributed by atoms with van der Waals surface area (Å²) in [7, 11) is 1.65. The molecule has 142 valence electrons. The quantitative estimate of drug-likeness (QED) is 0.646. The number of hydrogen-bond acceptors (Lipinski definition) is 5. The number of nitrogens with zero attached hydrogens (tertiary/aromatic N) is 2. The van der Waals surface area contributed by atoms with Gasteiger partial charge in [0.25, 0.3) is 11.6 Å². The number of carbonyl (C=O) groups excluding carboxylic acids is 1. The maximum atomic E-state index is 12.2. The van der Waals surface area contributed by atoms with Crippen LogP contribution in [0, 0.1) is 10.1 Å². The molecule has 0 aliphatic carbocycles. The molecule has 0 radical (unpaired) electrons. The smallest absolute Gasteiger partial charge is 0.293 e. The Bertz CT molecular complexity index is 880. The first-order valence-corrected chi connectivity index (χ1v) is 8.89. The SMILES string of the molecule is COc1cccc2c1CCN(c1ccc(C(=O)NC(C)C)cc1[N+](=O)[O-])C2. The Morgan fingerprint density at radius 1 is 1.30 bits per heavy atom. The lowest BCUT2D eigenvalue weighted by molar-refractivity contribution is -0.384. The number of anilines is 1. The summed E-state index contributed by atoms with van der Waals surface area (Å²) in [6.07, 6.45) is 0.742. The van der Waals surface area contributed by atoms with Crippen LogP contribution >= 0.6 is 0 Å². The molecule has 2 aromatic rings. The van der Waals surface area contributed by atoms with Crippen LogP contribution < -0.4 is 15.0 Å². The largest absolute Gasteiger partial charge is 0.496 e. The van der Waals surface area contributed by atoms with E-state index in [1.54, 1.807) is 19.2 Å². The predicted octanol–water partition coefficient (Wildman–Crippen LogP) is 3.30. The van der Waals surface area contributed by atoms with E-state index in [1.165, 1.54) is 6.07 Å². The van der Waals surface area contributed by atoms with Crippen LogP contribution in [0.2, 0.25) is 0 Å². The molecule has 0 spiro atoms. The number of nitro benzene ring substituents is 1. The van der Waals surface area contributed by atoms with Crippen LogP contribution in [-0.2, 0) is 13.0 Å². The van der Waals surface area contributed by atoms with Crippen molar-refractivity contribution in [2.75, 3.05) is 18.6 Å². The summed E-state index contributed by atoms with van der Waals surface area (Å²) in [5.74, 6) is 0.538.